The molecule has 1 N–H and O–H groups in total. The molecule has 31 heavy (non-hydrogen) atoms. The summed E-state index contributed by atoms with van der Waals surface area (Å²) in [4.78, 5) is 0. The molecule has 3 nitrogen and oxygen atoms in total. The quantitative estimate of drug-likeness (QED) is 0.528. The number of rotatable bonds is 5. The van der Waals surface area contributed by atoms with Crippen molar-refractivity contribution < 1.29 is 22.3 Å². The fourth-order valence-corrected chi connectivity index (χ4v) is 5.76. The normalized spacial score (nSPS) is 33.7. The Bertz CT molecular complexity index is 955. The minimum absolute atomic E-state index is 0.115. The molecule has 0 spiro atoms. The summed E-state index contributed by atoms with van der Waals surface area (Å²) in [5.74, 6) is 0.0646. The molecule has 6 heteroatoms. The van der Waals surface area contributed by atoms with Crippen LogP contribution in [-0.4, -0.2) is 31.1 Å². The van der Waals surface area contributed by atoms with Crippen LogP contribution in [0.25, 0.3) is 0 Å². The number of halogens is 2. The standard InChI is InChI=1S/C25H34F2O3S/c1-17-7-10-21(28)16-20(17)9-8-19-6-5-14-24(3)22(11-12-23(19)24)18(2)13-15-25(26,27)31(4,29)30/h8-9,11,13,15,18,21,23,28H,1,5-7,10,12,14,16H2,2-4H3/b15-13+,19-8+,20-9-. The van der Waals surface area contributed by atoms with Crippen molar-refractivity contribution in [2.24, 2.45) is 17.3 Å². The molecule has 2 saturated carbocycles. The molecule has 2 fully saturated rings. The molecule has 4 atom stereocenters. The van der Waals surface area contributed by atoms with Gasteiger partial charge in [0.25, 0.3) is 0 Å². The van der Waals surface area contributed by atoms with Gasteiger partial charge in [-0.2, -0.15) is 8.78 Å². The first kappa shape index (κ1) is 24.1. The average molecular weight is 453 g/mol. The number of aliphatic hydroxyl groups excluding tert-OH is 1. The van der Waals surface area contributed by atoms with E-state index in [1.165, 1.54) is 11.6 Å². The lowest BCUT2D eigenvalue weighted by molar-refractivity contribution is 0.147. The lowest BCUT2D eigenvalue weighted by Crippen LogP contribution is -2.32. The maximum Gasteiger partial charge on any atom is 0.363 e. The first-order valence-electron chi connectivity index (χ1n) is 11.1. The zero-order chi connectivity index (χ0) is 23.0. The third-order valence-corrected chi connectivity index (χ3v) is 8.49. The highest BCUT2D eigenvalue weighted by Crippen LogP contribution is 2.56. The number of aliphatic hydroxyl groups is 1. The Kier molecular flexibility index (Phi) is 6.83. The van der Waals surface area contributed by atoms with E-state index < -0.39 is 15.1 Å². The lowest BCUT2D eigenvalue weighted by atomic mass is 9.62. The van der Waals surface area contributed by atoms with Crippen LogP contribution in [-0.2, 0) is 9.84 Å². The van der Waals surface area contributed by atoms with Gasteiger partial charge in [-0.25, -0.2) is 8.42 Å². The van der Waals surface area contributed by atoms with Crippen LogP contribution in [0.15, 0.2) is 59.3 Å². The first-order valence-corrected chi connectivity index (χ1v) is 13.0. The van der Waals surface area contributed by atoms with Gasteiger partial charge in [0, 0.05) is 6.26 Å². The average Bonchev–Trinajstić information content (AvgIpc) is 3.03. The molecule has 0 amide bonds. The van der Waals surface area contributed by atoms with Crippen molar-refractivity contribution in [3.05, 3.63) is 59.3 Å². The first-order chi connectivity index (χ1) is 14.3. The summed E-state index contributed by atoms with van der Waals surface area (Å²) < 4.78 is 50.4. The van der Waals surface area contributed by atoms with Crippen molar-refractivity contribution in [1.82, 2.24) is 0 Å². The van der Waals surface area contributed by atoms with Crippen LogP contribution in [0.2, 0.25) is 0 Å². The maximum atomic E-state index is 13.9. The van der Waals surface area contributed by atoms with E-state index in [0.29, 0.717) is 24.7 Å². The van der Waals surface area contributed by atoms with Crippen LogP contribution in [0.5, 0.6) is 0 Å². The van der Waals surface area contributed by atoms with Gasteiger partial charge in [0.1, 0.15) is 0 Å². The molecular formula is C25H34F2O3S. The van der Waals surface area contributed by atoms with Crippen LogP contribution < -0.4 is 0 Å². The van der Waals surface area contributed by atoms with Crippen molar-refractivity contribution in [1.29, 1.82) is 0 Å². The Hall–Kier alpha value is -1.53. The number of hydrogen-bond donors (Lipinski definition) is 1. The summed E-state index contributed by atoms with van der Waals surface area (Å²) in [6, 6.07) is 0. The molecule has 0 aromatic carbocycles. The molecule has 3 aliphatic rings. The van der Waals surface area contributed by atoms with E-state index in [9.17, 15) is 22.3 Å². The minimum Gasteiger partial charge on any atom is -0.393 e. The van der Waals surface area contributed by atoms with Crippen LogP contribution >= 0.6 is 0 Å². The summed E-state index contributed by atoms with van der Waals surface area (Å²) in [5, 5.41) is 6.12. The molecule has 4 unspecified atom stereocenters. The highest BCUT2D eigenvalue weighted by Gasteiger charge is 2.46. The third-order valence-electron chi connectivity index (χ3n) is 7.36. The lowest BCUT2D eigenvalue weighted by Gasteiger charge is -2.42. The molecule has 0 aromatic rings. The van der Waals surface area contributed by atoms with Gasteiger partial charge < -0.3 is 5.11 Å². The van der Waals surface area contributed by atoms with Crippen LogP contribution in [0.3, 0.4) is 0 Å². The number of alkyl halides is 2. The van der Waals surface area contributed by atoms with Gasteiger partial charge >= 0.3 is 5.25 Å². The highest BCUT2D eigenvalue weighted by atomic mass is 32.2. The highest BCUT2D eigenvalue weighted by molar-refractivity contribution is 7.91. The molecule has 0 aromatic heterocycles. The van der Waals surface area contributed by atoms with Crippen molar-refractivity contribution in [3.63, 3.8) is 0 Å². The number of allylic oxidation sites excluding steroid dienone is 7. The van der Waals surface area contributed by atoms with Gasteiger partial charge in [-0.1, -0.05) is 61.4 Å². The van der Waals surface area contributed by atoms with Crippen molar-refractivity contribution in [2.45, 2.75) is 70.2 Å². The fourth-order valence-electron chi connectivity index (χ4n) is 5.44. The molecule has 0 bridgehead atoms. The van der Waals surface area contributed by atoms with Crippen LogP contribution in [0.4, 0.5) is 8.78 Å². The van der Waals surface area contributed by atoms with E-state index in [0.717, 1.165) is 55.2 Å². The summed E-state index contributed by atoms with van der Waals surface area (Å²) in [5.41, 5.74) is 4.57. The molecular weight excluding hydrogens is 418 g/mol. The molecule has 0 radical (unpaired) electrons. The Morgan fingerprint density at radius 2 is 2.03 bits per heavy atom. The topological polar surface area (TPSA) is 54.4 Å². The minimum atomic E-state index is -4.48. The Morgan fingerprint density at radius 1 is 1.32 bits per heavy atom. The number of fused-ring (bicyclic) bond motifs is 1. The second kappa shape index (κ2) is 8.78. The van der Waals surface area contributed by atoms with E-state index in [1.807, 2.05) is 6.92 Å². The second-order valence-corrected chi connectivity index (χ2v) is 11.7. The summed E-state index contributed by atoms with van der Waals surface area (Å²) in [7, 11) is -4.48. The molecule has 172 valence electrons. The third kappa shape index (κ3) is 4.95. The number of hydrogen-bond acceptors (Lipinski definition) is 3. The SMILES string of the molecule is C=C1CCC(O)C/C1=C/C=C1\CCCC2(C)C(C(C)/C=C/C(F)(F)S(C)(=O)=O)=CCC12. The summed E-state index contributed by atoms with van der Waals surface area (Å²) in [6.07, 6.45) is 14.7. The summed E-state index contributed by atoms with van der Waals surface area (Å²) in [6.45, 7) is 8.21. The van der Waals surface area contributed by atoms with Crippen LogP contribution in [0.1, 0.15) is 58.8 Å². The maximum absolute atomic E-state index is 13.9. The predicted octanol–water partition coefficient (Wildman–Crippen LogP) is 5.91. The molecule has 3 rings (SSSR count). The van der Waals surface area contributed by atoms with Gasteiger partial charge in [0.05, 0.1) is 6.10 Å². The largest absolute Gasteiger partial charge is 0.393 e. The Morgan fingerprint density at radius 3 is 2.71 bits per heavy atom. The van der Waals surface area contributed by atoms with Gasteiger partial charge in [-0.15, -0.1) is 0 Å². The van der Waals surface area contributed by atoms with E-state index in [2.05, 4.69) is 31.7 Å². The Labute approximate surface area is 185 Å². The van der Waals surface area contributed by atoms with E-state index in [-0.39, 0.29) is 17.4 Å². The van der Waals surface area contributed by atoms with Gasteiger partial charge in [0.2, 0.25) is 9.84 Å². The van der Waals surface area contributed by atoms with Gasteiger partial charge in [0.15, 0.2) is 0 Å². The second-order valence-electron chi connectivity index (χ2n) is 9.63. The molecule has 0 aliphatic heterocycles. The number of sulfone groups is 1. The van der Waals surface area contributed by atoms with Crippen molar-refractivity contribution in [2.75, 3.05) is 6.26 Å². The smallest absolute Gasteiger partial charge is 0.363 e. The van der Waals surface area contributed by atoms with E-state index >= 15 is 0 Å². The van der Waals surface area contributed by atoms with Crippen molar-refractivity contribution >= 4 is 9.84 Å². The molecule has 0 saturated heterocycles. The van der Waals surface area contributed by atoms with E-state index in [1.54, 1.807) is 0 Å². The van der Waals surface area contributed by atoms with Gasteiger partial charge in [-0.05, 0) is 73.8 Å². The van der Waals surface area contributed by atoms with E-state index in [4.69, 9.17) is 0 Å². The summed E-state index contributed by atoms with van der Waals surface area (Å²) >= 11 is 0. The zero-order valence-corrected chi connectivity index (χ0v) is 19.5. The van der Waals surface area contributed by atoms with Gasteiger partial charge in [-0.3, -0.25) is 0 Å². The van der Waals surface area contributed by atoms with Crippen LogP contribution in [0, 0.1) is 17.3 Å². The predicted molar refractivity (Wildman–Crippen MR) is 121 cm³/mol. The Balaban J connectivity index is 1.80. The van der Waals surface area contributed by atoms with Crippen molar-refractivity contribution in [3.8, 4) is 0 Å². The molecule has 0 heterocycles. The molecule has 3 aliphatic carbocycles. The zero-order valence-electron chi connectivity index (χ0n) is 18.7. The monoisotopic (exact) mass is 452 g/mol. The fraction of sp³-hybridized carbons (Fsp3) is 0.600.